The standard InChI is InChI=1S/C14H19N3O/c1-16-14(18)9-5-11-17(12-6-10-15)13-7-3-2-4-8-13/h2-4,7-8H,5-6,9,11-12H2,1H3,(H,16,18). The Bertz CT molecular complexity index is 397. The number of nitrogens with one attached hydrogen (secondary N) is 1. The van der Waals surface area contributed by atoms with Crippen LogP contribution in [0, 0.1) is 11.3 Å². The number of amides is 1. The van der Waals surface area contributed by atoms with Crippen molar-refractivity contribution in [2.75, 3.05) is 25.0 Å². The Kier molecular flexibility index (Phi) is 6.34. The van der Waals surface area contributed by atoms with Crippen LogP contribution < -0.4 is 10.2 Å². The summed E-state index contributed by atoms with van der Waals surface area (Å²) in [4.78, 5) is 13.3. The number of benzene rings is 1. The molecule has 0 saturated carbocycles. The van der Waals surface area contributed by atoms with Crippen molar-refractivity contribution in [2.24, 2.45) is 0 Å². The number of rotatable bonds is 7. The third-order valence-electron chi connectivity index (χ3n) is 2.73. The molecule has 0 aliphatic rings. The van der Waals surface area contributed by atoms with E-state index in [9.17, 15) is 4.79 Å². The van der Waals surface area contributed by atoms with Gasteiger partial charge in [0.15, 0.2) is 0 Å². The van der Waals surface area contributed by atoms with Crippen LogP contribution in [0.4, 0.5) is 5.69 Å². The lowest BCUT2D eigenvalue weighted by Crippen LogP contribution is -2.27. The lowest BCUT2D eigenvalue weighted by molar-refractivity contribution is -0.120. The lowest BCUT2D eigenvalue weighted by Gasteiger charge is -2.23. The fourth-order valence-electron chi connectivity index (χ4n) is 1.75. The third kappa shape index (κ3) is 4.88. The predicted octanol–water partition coefficient (Wildman–Crippen LogP) is 1.93. The average molecular weight is 245 g/mol. The van der Waals surface area contributed by atoms with Crippen molar-refractivity contribution >= 4 is 11.6 Å². The molecule has 0 aliphatic carbocycles. The quantitative estimate of drug-likeness (QED) is 0.798. The van der Waals surface area contributed by atoms with Crippen molar-refractivity contribution in [1.82, 2.24) is 5.32 Å². The minimum Gasteiger partial charge on any atom is -0.370 e. The van der Waals surface area contributed by atoms with Crippen LogP contribution in [0.5, 0.6) is 0 Å². The van der Waals surface area contributed by atoms with Gasteiger partial charge in [-0.25, -0.2) is 0 Å². The van der Waals surface area contributed by atoms with E-state index in [0.717, 1.165) is 18.7 Å². The number of nitriles is 1. The molecule has 1 aromatic carbocycles. The summed E-state index contributed by atoms with van der Waals surface area (Å²) in [5.41, 5.74) is 1.10. The minimum absolute atomic E-state index is 0.0586. The molecule has 0 aliphatic heterocycles. The monoisotopic (exact) mass is 245 g/mol. The van der Waals surface area contributed by atoms with E-state index in [4.69, 9.17) is 5.26 Å². The summed E-state index contributed by atoms with van der Waals surface area (Å²) in [5.74, 6) is 0.0586. The molecule has 0 saturated heterocycles. The van der Waals surface area contributed by atoms with Crippen LogP contribution in [-0.4, -0.2) is 26.0 Å². The average Bonchev–Trinajstić information content (AvgIpc) is 2.43. The minimum atomic E-state index is 0.0586. The molecule has 0 fully saturated rings. The van der Waals surface area contributed by atoms with Gasteiger partial charge in [0, 0.05) is 32.2 Å². The molecule has 0 atom stereocenters. The number of hydrogen-bond donors (Lipinski definition) is 1. The molecule has 0 unspecified atom stereocenters. The zero-order valence-electron chi connectivity index (χ0n) is 10.7. The molecule has 4 nitrogen and oxygen atoms in total. The second kappa shape index (κ2) is 8.13. The van der Waals surface area contributed by atoms with E-state index in [0.29, 0.717) is 19.4 Å². The maximum atomic E-state index is 11.2. The molecule has 4 heteroatoms. The highest BCUT2D eigenvalue weighted by molar-refractivity contribution is 5.75. The summed E-state index contributed by atoms with van der Waals surface area (Å²) in [6.07, 6.45) is 1.81. The zero-order chi connectivity index (χ0) is 13.2. The lowest BCUT2D eigenvalue weighted by atomic mass is 10.2. The SMILES string of the molecule is CNC(=O)CCCN(CCC#N)c1ccccc1. The Labute approximate surface area is 108 Å². The second-order valence-electron chi connectivity index (χ2n) is 4.01. The Hall–Kier alpha value is -2.02. The van der Waals surface area contributed by atoms with Crippen LogP contribution in [0.15, 0.2) is 30.3 Å². The Balaban J connectivity index is 2.51. The van der Waals surface area contributed by atoms with Gasteiger partial charge in [-0.1, -0.05) is 18.2 Å². The molecule has 0 spiro atoms. The van der Waals surface area contributed by atoms with E-state index in [1.807, 2.05) is 30.3 Å². The fourth-order valence-corrected chi connectivity index (χ4v) is 1.75. The van der Waals surface area contributed by atoms with Crippen molar-refractivity contribution in [3.63, 3.8) is 0 Å². The molecule has 96 valence electrons. The first-order valence-electron chi connectivity index (χ1n) is 6.15. The summed E-state index contributed by atoms with van der Waals surface area (Å²) < 4.78 is 0. The predicted molar refractivity (Wildman–Crippen MR) is 72.2 cm³/mol. The van der Waals surface area contributed by atoms with E-state index >= 15 is 0 Å². The van der Waals surface area contributed by atoms with Gasteiger partial charge in [0.05, 0.1) is 12.5 Å². The first-order chi connectivity index (χ1) is 8.77. The number of nitrogens with zero attached hydrogens (tertiary/aromatic N) is 2. The molecule has 0 heterocycles. The van der Waals surface area contributed by atoms with Crippen molar-refractivity contribution in [3.8, 4) is 6.07 Å². The van der Waals surface area contributed by atoms with E-state index in [-0.39, 0.29) is 5.91 Å². The van der Waals surface area contributed by atoms with Crippen LogP contribution in [0.2, 0.25) is 0 Å². The Morgan fingerprint density at radius 2 is 2.06 bits per heavy atom. The molecular formula is C14H19N3O. The van der Waals surface area contributed by atoms with Crippen LogP contribution >= 0.6 is 0 Å². The van der Waals surface area contributed by atoms with Gasteiger partial charge in [-0.15, -0.1) is 0 Å². The summed E-state index contributed by atoms with van der Waals surface area (Å²) >= 11 is 0. The van der Waals surface area contributed by atoms with Crippen molar-refractivity contribution < 1.29 is 4.79 Å². The first kappa shape index (κ1) is 14.0. The second-order valence-corrected chi connectivity index (χ2v) is 4.01. The molecule has 1 amide bonds. The highest BCUT2D eigenvalue weighted by Crippen LogP contribution is 2.14. The zero-order valence-corrected chi connectivity index (χ0v) is 10.7. The van der Waals surface area contributed by atoms with Crippen LogP contribution in [0.3, 0.4) is 0 Å². The van der Waals surface area contributed by atoms with Gasteiger partial charge in [-0.2, -0.15) is 5.26 Å². The fraction of sp³-hybridized carbons (Fsp3) is 0.429. The van der Waals surface area contributed by atoms with Gasteiger partial charge in [-0.3, -0.25) is 4.79 Å². The molecule has 0 bridgehead atoms. The topological polar surface area (TPSA) is 56.1 Å². The van der Waals surface area contributed by atoms with Gasteiger partial charge in [0.1, 0.15) is 0 Å². The van der Waals surface area contributed by atoms with E-state index in [1.54, 1.807) is 7.05 Å². The van der Waals surface area contributed by atoms with Crippen molar-refractivity contribution in [2.45, 2.75) is 19.3 Å². The summed E-state index contributed by atoms with van der Waals surface area (Å²) in [6.45, 7) is 1.49. The summed E-state index contributed by atoms with van der Waals surface area (Å²) in [6, 6.07) is 12.1. The summed E-state index contributed by atoms with van der Waals surface area (Å²) in [7, 11) is 1.65. The molecule has 18 heavy (non-hydrogen) atoms. The van der Waals surface area contributed by atoms with E-state index in [1.165, 1.54) is 0 Å². The maximum absolute atomic E-state index is 11.2. The molecular weight excluding hydrogens is 226 g/mol. The Morgan fingerprint density at radius 3 is 2.67 bits per heavy atom. The molecule has 1 rings (SSSR count). The molecule has 1 N–H and O–H groups in total. The Morgan fingerprint density at radius 1 is 1.33 bits per heavy atom. The highest BCUT2D eigenvalue weighted by Gasteiger charge is 2.06. The van der Waals surface area contributed by atoms with E-state index in [2.05, 4.69) is 16.3 Å². The maximum Gasteiger partial charge on any atom is 0.219 e. The van der Waals surface area contributed by atoms with Gasteiger partial charge in [-0.05, 0) is 18.6 Å². The van der Waals surface area contributed by atoms with Crippen LogP contribution in [0.25, 0.3) is 0 Å². The van der Waals surface area contributed by atoms with Gasteiger partial charge in [0.2, 0.25) is 5.91 Å². The van der Waals surface area contributed by atoms with Gasteiger partial charge >= 0.3 is 0 Å². The number of carbonyl (C=O) groups excluding carboxylic acids is 1. The van der Waals surface area contributed by atoms with Crippen molar-refractivity contribution in [1.29, 1.82) is 5.26 Å². The van der Waals surface area contributed by atoms with Gasteiger partial charge in [0.25, 0.3) is 0 Å². The normalized spacial score (nSPS) is 9.56. The smallest absolute Gasteiger partial charge is 0.219 e. The largest absolute Gasteiger partial charge is 0.370 e. The number of para-hydroxylation sites is 1. The molecule has 1 aromatic rings. The molecule has 0 radical (unpaired) electrons. The van der Waals surface area contributed by atoms with Crippen molar-refractivity contribution in [3.05, 3.63) is 30.3 Å². The first-order valence-corrected chi connectivity index (χ1v) is 6.15. The van der Waals surface area contributed by atoms with Crippen LogP contribution in [0.1, 0.15) is 19.3 Å². The van der Waals surface area contributed by atoms with E-state index < -0.39 is 0 Å². The number of anilines is 1. The number of hydrogen-bond acceptors (Lipinski definition) is 3. The molecule has 0 aromatic heterocycles. The van der Waals surface area contributed by atoms with Crippen LogP contribution in [-0.2, 0) is 4.79 Å². The third-order valence-corrected chi connectivity index (χ3v) is 2.73. The number of carbonyl (C=O) groups is 1. The highest BCUT2D eigenvalue weighted by atomic mass is 16.1. The van der Waals surface area contributed by atoms with Gasteiger partial charge < -0.3 is 10.2 Å². The summed E-state index contributed by atoms with van der Waals surface area (Å²) in [5, 5.41) is 11.3.